The Morgan fingerprint density at radius 2 is 2.19 bits per heavy atom. The number of nitrogens with two attached hydrogens (primary N) is 1. The first-order chi connectivity index (χ1) is 10.1. The van der Waals surface area contributed by atoms with Crippen LogP contribution < -0.4 is 10.5 Å². The summed E-state index contributed by atoms with van der Waals surface area (Å²) < 4.78 is 12.8. The van der Waals surface area contributed by atoms with Gasteiger partial charge in [0.15, 0.2) is 0 Å². The third kappa shape index (κ3) is 2.38. The van der Waals surface area contributed by atoms with E-state index in [4.69, 9.17) is 15.0 Å². The van der Waals surface area contributed by atoms with E-state index >= 15 is 0 Å². The van der Waals surface area contributed by atoms with Crippen molar-refractivity contribution >= 4 is 21.7 Å². The first-order valence-electron chi connectivity index (χ1n) is 6.05. The molecule has 0 saturated carbocycles. The van der Waals surface area contributed by atoms with E-state index in [2.05, 4.69) is 31.2 Å². The Labute approximate surface area is 128 Å². The van der Waals surface area contributed by atoms with Crippen molar-refractivity contribution in [1.29, 1.82) is 0 Å². The summed E-state index contributed by atoms with van der Waals surface area (Å²) in [6.07, 6.45) is 1.59. The van der Waals surface area contributed by atoms with E-state index in [1.54, 1.807) is 25.0 Å². The molecule has 0 radical (unpaired) electrons. The van der Waals surface area contributed by atoms with E-state index in [0.717, 1.165) is 15.8 Å². The zero-order valence-corrected chi connectivity index (χ0v) is 13.0. The van der Waals surface area contributed by atoms with Crippen LogP contribution in [0.4, 0.5) is 5.82 Å². The van der Waals surface area contributed by atoms with Crippen LogP contribution in [0, 0.1) is 0 Å². The molecule has 0 amide bonds. The number of rotatable bonds is 3. The minimum Gasteiger partial charge on any atom is -0.496 e. The smallest absolute Gasteiger partial charge is 0.263 e. The molecule has 7 nitrogen and oxygen atoms in total. The van der Waals surface area contributed by atoms with Crippen LogP contribution in [0.2, 0.25) is 0 Å². The summed E-state index contributed by atoms with van der Waals surface area (Å²) in [5.41, 5.74) is 7.31. The maximum absolute atomic E-state index is 5.89. The number of ether oxygens (including phenoxy) is 1. The van der Waals surface area contributed by atoms with E-state index < -0.39 is 0 Å². The fourth-order valence-electron chi connectivity index (χ4n) is 1.87. The van der Waals surface area contributed by atoms with Crippen LogP contribution in [-0.4, -0.2) is 27.0 Å². The standard InChI is InChI=1S/C13H12BrN5O2/c1-19-11(15)8(6-16-19)13-17-12(18-21-13)7-3-4-10(20-2)9(14)5-7/h3-6H,15H2,1-2H3. The van der Waals surface area contributed by atoms with Gasteiger partial charge in [-0.05, 0) is 34.1 Å². The second-order valence-corrected chi connectivity index (χ2v) is 5.19. The lowest BCUT2D eigenvalue weighted by atomic mass is 10.2. The number of benzene rings is 1. The van der Waals surface area contributed by atoms with E-state index in [1.807, 2.05) is 18.2 Å². The Balaban J connectivity index is 1.98. The number of hydrogen-bond acceptors (Lipinski definition) is 6. The Morgan fingerprint density at radius 1 is 1.38 bits per heavy atom. The van der Waals surface area contributed by atoms with Crippen molar-refractivity contribution in [2.24, 2.45) is 7.05 Å². The second-order valence-electron chi connectivity index (χ2n) is 4.34. The summed E-state index contributed by atoms with van der Waals surface area (Å²) in [6.45, 7) is 0. The minimum atomic E-state index is 0.336. The van der Waals surface area contributed by atoms with Crippen molar-refractivity contribution < 1.29 is 9.26 Å². The molecule has 3 aromatic rings. The van der Waals surface area contributed by atoms with Gasteiger partial charge in [-0.2, -0.15) is 10.1 Å². The monoisotopic (exact) mass is 349 g/mol. The maximum Gasteiger partial charge on any atom is 0.263 e. The molecule has 21 heavy (non-hydrogen) atoms. The summed E-state index contributed by atoms with van der Waals surface area (Å²) >= 11 is 3.43. The predicted octanol–water partition coefficient (Wildman–Crippen LogP) is 2.49. The molecule has 0 aliphatic heterocycles. The highest BCUT2D eigenvalue weighted by molar-refractivity contribution is 9.10. The lowest BCUT2D eigenvalue weighted by Gasteiger charge is -2.03. The molecule has 3 rings (SSSR count). The number of aromatic nitrogens is 4. The van der Waals surface area contributed by atoms with Gasteiger partial charge in [-0.25, -0.2) is 0 Å². The number of anilines is 1. The SMILES string of the molecule is COc1ccc(-c2noc(-c3cnn(C)c3N)n2)cc1Br. The molecule has 0 bridgehead atoms. The van der Waals surface area contributed by atoms with Crippen LogP contribution in [0.25, 0.3) is 22.8 Å². The maximum atomic E-state index is 5.89. The first-order valence-corrected chi connectivity index (χ1v) is 6.85. The van der Waals surface area contributed by atoms with E-state index in [9.17, 15) is 0 Å². The van der Waals surface area contributed by atoms with Gasteiger partial charge in [-0.1, -0.05) is 5.16 Å². The normalized spacial score (nSPS) is 10.8. The largest absolute Gasteiger partial charge is 0.496 e. The van der Waals surface area contributed by atoms with Crippen molar-refractivity contribution in [3.8, 4) is 28.6 Å². The lowest BCUT2D eigenvalue weighted by molar-refractivity contribution is 0.412. The van der Waals surface area contributed by atoms with Crippen LogP contribution in [0.3, 0.4) is 0 Å². The summed E-state index contributed by atoms with van der Waals surface area (Å²) in [4.78, 5) is 4.35. The first kappa shape index (κ1) is 13.6. The van der Waals surface area contributed by atoms with E-state index in [-0.39, 0.29) is 0 Å². The third-order valence-electron chi connectivity index (χ3n) is 3.05. The van der Waals surface area contributed by atoms with Crippen molar-refractivity contribution in [2.75, 3.05) is 12.8 Å². The zero-order valence-electron chi connectivity index (χ0n) is 11.4. The second kappa shape index (κ2) is 5.21. The number of halogens is 1. The number of aryl methyl sites for hydroxylation is 1. The summed E-state index contributed by atoms with van der Waals surface area (Å²) in [5, 5.41) is 8.02. The lowest BCUT2D eigenvalue weighted by Crippen LogP contribution is -1.98. The van der Waals surface area contributed by atoms with E-state index in [0.29, 0.717) is 23.1 Å². The number of nitrogens with zero attached hydrogens (tertiary/aromatic N) is 4. The zero-order chi connectivity index (χ0) is 15.0. The minimum absolute atomic E-state index is 0.336. The molecule has 0 fully saturated rings. The van der Waals surface area contributed by atoms with Crippen molar-refractivity contribution in [2.45, 2.75) is 0 Å². The Kier molecular flexibility index (Phi) is 3.38. The van der Waals surface area contributed by atoms with Gasteiger partial charge in [0.2, 0.25) is 5.82 Å². The number of nitrogen functional groups attached to an aromatic ring is 1. The summed E-state index contributed by atoms with van der Waals surface area (Å²) in [7, 11) is 3.36. The van der Waals surface area contributed by atoms with E-state index in [1.165, 1.54) is 0 Å². The molecule has 2 heterocycles. The Bertz CT molecular complexity index is 796. The molecule has 0 aliphatic rings. The topological polar surface area (TPSA) is 92.0 Å². The van der Waals surface area contributed by atoms with Crippen molar-refractivity contribution in [1.82, 2.24) is 19.9 Å². The van der Waals surface area contributed by atoms with Gasteiger partial charge in [-0.3, -0.25) is 4.68 Å². The molecule has 8 heteroatoms. The predicted molar refractivity (Wildman–Crippen MR) is 80.6 cm³/mol. The van der Waals surface area contributed by atoms with Crippen LogP contribution in [0.1, 0.15) is 0 Å². The van der Waals surface area contributed by atoms with Crippen molar-refractivity contribution in [3.63, 3.8) is 0 Å². The molecule has 1 aromatic carbocycles. The molecule has 0 unspecified atom stereocenters. The molecule has 2 N–H and O–H groups in total. The molecule has 0 saturated heterocycles. The highest BCUT2D eigenvalue weighted by atomic mass is 79.9. The van der Waals surface area contributed by atoms with Crippen LogP contribution in [0.5, 0.6) is 5.75 Å². The molecular weight excluding hydrogens is 338 g/mol. The summed E-state index contributed by atoms with van der Waals surface area (Å²) in [5.74, 6) is 2.01. The average molecular weight is 350 g/mol. The van der Waals surface area contributed by atoms with Crippen LogP contribution in [0.15, 0.2) is 33.4 Å². The molecule has 0 atom stereocenters. The van der Waals surface area contributed by atoms with Crippen LogP contribution in [-0.2, 0) is 7.05 Å². The molecule has 108 valence electrons. The number of methoxy groups -OCH3 is 1. The van der Waals surface area contributed by atoms with Gasteiger partial charge < -0.3 is 15.0 Å². The Hall–Kier alpha value is -2.35. The quantitative estimate of drug-likeness (QED) is 0.780. The highest BCUT2D eigenvalue weighted by Crippen LogP contribution is 2.31. The van der Waals surface area contributed by atoms with Gasteiger partial charge in [0.05, 0.1) is 17.8 Å². The third-order valence-corrected chi connectivity index (χ3v) is 3.67. The number of hydrogen-bond donors (Lipinski definition) is 1. The highest BCUT2D eigenvalue weighted by Gasteiger charge is 2.16. The molecule has 2 aromatic heterocycles. The van der Waals surface area contributed by atoms with Crippen molar-refractivity contribution in [3.05, 3.63) is 28.9 Å². The van der Waals surface area contributed by atoms with Gasteiger partial charge in [0.25, 0.3) is 5.89 Å². The van der Waals surface area contributed by atoms with Gasteiger partial charge in [0.1, 0.15) is 17.1 Å². The van der Waals surface area contributed by atoms with Gasteiger partial charge in [-0.15, -0.1) is 0 Å². The fourth-order valence-corrected chi connectivity index (χ4v) is 2.41. The average Bonchev–Trinajstić information content (AvgIpc) is 3.07. The van der Waals surface area contributed by atoms with Gasteiger partial charge >= 0.3 is 0 Å². The van der Waals surface area contributed by atoms with Crippen LogP contribution >= 0.6 is 15.9 Å². The molecule has 0 aliphatic carbocycles. The summed E-state index contributed by atoms with van der Waals surface area (Å²) in [6, 6.07) is 5.54. The molecular formula is C13H12BrN5O2. The molecule has 0 spiro atoms. The Morgan fingerprint density at radius 3 is 2.81 bits per heavy atom. The fraction of sp³-hybridized carbons (Fsp3) is 0.154. The van der Waals surface area contributed by atoms with Gasteiger partial charge in [0, 0.05) is 12.6 Å².